The molecule has 0 aliphatic heterocycles. The van der Waals surface area contributed by atoms with Crippen LogP contribution in [0, 0.1) is 18.6 Å². The van der Waals surface area contributed by atoms with Gasteiger partial charge in [0.15, 0.2) is 23.3 Å². The number of aryl methyl sites for hydroxylation is 1. The zero-order valence-electron chi connectivity index (χ0n) is 11.8. The molecule has 1 aromatic carbocycles. The van der Waals surface area contributed by atoms with Gasteiger partial charge in [0.1, 0.15) is 0 Å². The Morgan fingerprint density at radius 1 is 1.14 bits per heavy atom. The molecular formula is C15H16BrF2N3. The molecule has 0 spiro atoms. The summed E-state index contributed by atoms with van der Waals surface area (Å²) in [4.78, 5) is 3.97. The Balaban J connectivity index is 2.28. The van der Waals surface area contributed by atoms with Crippen molar-refractivity contribution in [3.8, 4) is 0 Å². The maximum absolute atomic E-state index is 13.8. The third kappa shape index (κ3) is 3.91. The number of nitrogens with zero attached hydrogens (tertiary/aromatic N) is 1. The van der Waals surface area contributed by atoms with Crippen molar-refractivity contribution in [1.82, 2.24) is 4.98 Å². The van der Waals surface area contributed by atoms with Gasteiger partial charge in [-0.15, -0.1) is 0 Å². The van der Waals surface area contributed by atoms with Gasteiger partial charge in [0.2, 0.25) is 0 Å². The molecule has 2 aromatic rings. The lowest BCUT2D eigenvalue weighted by molar-refractivity contribution is 0.579. The van der Waals surface area contributed by atoms with E-state index in [1.807, 2.05) is 32.0 Å². The van der Waals surface area contributed by atoms with E-state index in [1.165, 1.54) is 0 Å². The van der Waals surface area contributed by atoms with Crippen molar-refractivity contribution in [2.75, 3.05) is 17.2 Å². The van der Waals surface area contributed by atoms with Gasteiger partial charge in [-0.05, 0) is 31.0 Å². The topological polar surface area (TPSA) is 37.0 Å². The van der Waals surface area contributed by atoms with Crippen LogP contribution in [-0.4, -0.2) is 11.5 Å². The standard InChI is InChI=1S/C15H16BrF2N3/c1-3-6-19-14-12(17)8-13(18)15(21-14)20-10-5-4-9(2)11(16)7-10/h4-5,7-8H,3,6H2,1-2H3,(H2,19,20,21). The number of aromatic nitrogens is 1. The molecule has 2 N–H and O–H groups in total. The molecule has 112 valence electrons. The zero-order chi connectivity index (χ0) is 15.4. The number of hydrogen-bond donors (Lipinski definition) is 2. The van der Waals surface area contributed by atoms with Crippen molar-refractivity contribution in [3.63, 3.8) is 0 Å². The number of benzene rings is 1. The van der Waals surface area contributed by atoms with Gasteiger partial charge in [0.05, 0.1) is 0 Å². The van der Waals surface area contributed by atoms with Gasteiger partial charge < -0.3 is 10.6 Å². The average molecular weight is 356 g/mol. The predicted molar refractivity (Wildman–Crippen MR) is 85.1 cm³/mol. The molecule has 0 amide bonds. The smallest absolute Gasteiger partial charge is 0.169 e. The van der Waals surface area contributed by atoms with Crippen LogP contribution in [0.15, 0.2) is 28.7 Å². The second kappa shape index (κ2) is 6.85. The highest BCUT2D eigenvalue weighted by Gasteiger charge is 2.12. The Hall–Kier alpha value is -1.69. The maximum Gasteiger partial charge on any atom is 0.169 e. The first-order valence-corrected chi connectivity index (χ1v) is 7.43. The van der Waals surface area contributed by atoms with Crippen LogP contribution in [-0.2, 0) is 0 Å². The minimum Gasteiger partial charge on any atom is -0.368 e. The highest BCUT2D eigenvalue weighted by atomic mass is 79.9. The second-order valence-electron chi connectivity index (χ2n) is 4.66. The minimum atomic E-state index is -0.730. The van der Waals surface area contributed by atoms with E-state index in [0.717, 1.165) is 22.5 Å². The lowest BCUT2D eigenvalue weighted by Gasteiger charge is -2.11. The number of rotatable bonds is 5. The lowest BCUT2D eigenvalue weighted by Crippen LogP contribution is -2.07. The van der Waals surface area contributed by atoms with Gasteiger partial charge >= 0.3 is 0 Å². The van der Waals surface area contributed by atoms with E-state index in [4.69, 9.17) is 0 Å². The summed E-state index contributed by atoms with van der Waals surface area (Å²) >= 11 is 3.41. The van der Waals surface area contributed by atoms with E-state index in [-0.39, 0.29) is 11.6 Å². The van der Waals surface area contributed by atoms with Crippen LogP contribution in [0.1, 0.15) is 18.9 Å². The fraction of sp³-hybridized carbons (Fsp3) is 0.267. The largest absolute Gasteiger partial charge is 0.368 e. The van der Waals surface area contributed by atoms with Crippen molar-refractivity contribution in [2.45, 2.75) is 20.3 Å². The number of halogens is 3. The Morgan fingerprint density at radius 3 is 2.52 bits per heavy atom. The third-order valence-corrected chi connectivity index (χ3v) is 3.76. The molecule has 6 heteroatoms. The van der Waals surface area contributed by atoms with Gasteiger partial charge in [-0.25, -0.2) is 13.8 Å². The second-order valence-corrected chi connectivity index (χ2v) is 5.52. The van der Waals surface area contributed by atoms with E-state index in [9.17, 15) is 8.78 Å². The van der Waals surface area contributed by atoms with Crippen LogP contribution in [0.25, 0.3) is 0 Å². The van der Waals surface area contributed by atoms with Crippen LogP contribution in [0.2, 0.25) is 0 Å². The first kappa shape index (κ1) is 15.7. The number of pyridine rings is 1. The molecule has 0 saturated heterocycles. The molecule has 0 radical (unpaired) electrons. The monoisotopic (exact) mass is 355 g/mol. The lowest BCUT2D eigenvalue weighted by atomic mass is 10.2. The zero-order valence-corrected chi connectivity index (χ0v) is 13.4. The van der Waals surface area contributed by atoms with Crippen molar-refractivity contribution in [3.05, 3.63) is 45.9 Å². The van der Waals surface area contributed by atoms with Gasteiger partial charge in [0, 0.05) is 22.8 Å². The third-order valence-electron chi connectivity index (χ3n) is 2.91. The molecule has 0 aliphatic rings. The number of hydrogen-bond acceptors (Lipinski definition) is 3. The summed E-state index contributed by atoms with van der Waals surface area (Å²) in [5.41, 5.74) is 1.74. The number of nitrogens with one attached hydrogen (secondary N) is 2. The Labute approximate surface area is 130 Å². The summed E-state index contributed by atoms with van der Waals surface area (Å²) in [5.74, 6) is -1.39. The Bertz CT molecular complexity index is 647. The Morgan fingerprint density at radius 2 is 1.86 bits per heavy atom. The summed E-state index contributed by atoms with van der Waals surface area (Å²) < 4.78 is 28.3. The van der Waals surface area contributed by atoms with Gasteiger partial charge in [0.25, 0.3) is 0 Å². The van der Waals surface area contributed by atoms with Crippen LogP contribution in [0.3, 0.4) is 0 Å². The van der Waals surface area contributed by atoms with Crippen molar-refractivity contribution in [1.29, 1.82) is 0 Å². The molecule has 0 aliphatic carbocycles. The highest BCUT2D eigenvalue weighted by Crippen LogP contribution is 2.26. The Kier molecular flexibility index (Phi) is 5.12. The van der Waals surface area contributed by atoms with Gasteiger partial charge in [-0.2, -0.15) is 0 Å². The van der Waals surface area contributed by atoms with E-state index in [0.29, 0.717) is 12.2 Å². The van der Waals surface area contributed by atoms with E-state index < -0.39 is 11.6 Å². The normalized spacial score (nSPS) is 10.5. The highest BCUT2D eigenvalue weighted by molar-refractivity contribution is 9.10. The van der Waals surface area contributed by atoms with Crippen LogP contribution < -0.4 is 10.6 Å². The summed E-state index contributed by atoms with van der Waals surface area (Å²) in [6.45, 7) is 4.49. The van der Waals surface area contributed by atoms with Crippen LogP contribution in [0.4, 0.5) is 26.1 Å². The number of anilines is 3. The fourth-order valence-corrected chi connectivity index (χ4v) is 2.11. The summed E-state index contributed by atoms with van der Waals surface area (Å²) in [5, 5.41) is 5.70. The predicted octanol–water partition coefficient (Wildman–Crippen LogP) is 5.00. The van der Waals surface area contributed by atoms with Crippen molar-refractivity contribution >= 4 is 33.3 Å². The van der Waals surface area contributed by atoms with Crippen LogP contribution in [0.5, 0.6) is 0 Å². The van der Waals surface area contributed by atoms with E-state index >= 15 is 0 Å². The molecule has 1 aromatic heterocycles. The quantitative estimate of drug-likeness (QED) is 0.792. The molecule has 1 heterocycles. The van der Waals surface area contributed by atoms with Crippen LogP contribution >= 0.6 is 15.9 Å². The molecular weight excluding hydrogens is 340 g/mol. The minimum absolute atomic E-state index is 0.00856. The first-order valence-electron chi connectivity index (χ1n) is 6.64. The van der Waals surface area contributed by atoms with E-state index in [1.54, 1.807) is 0 Å². The molecule has 3 nitrogen and oxygen atoms in total. The van der Waals surface area contributed by atoms with Crippen molar-refractivity contribution in [2.24, 2.45) is 0 Å². The average Bonchev–Trinajstić information content (AvgIpc) is 2.44. The molecule has 0 fully saturated rings. The first-order chi connectivity index (χ1) is 10.0. The van der Waals surface area contributed by atoms with E-state index in [2.05, 4.69) is 31.5 Å². The van der Waals surface area contributed by atoms with Gasteiger partial charge in [-0.3, -0.25) is 0 Å². The molecule has 0 atom stereocenters. The molecule has 0 bridgehead atoms. The summed E-state index contributed by atoms with van der Waals surface area (Å²) in [6.07, 6.45) is 0.826. The van der Waals surface area contributed by atoms with Gasteiger partial charge in [-0.1, -0.05) is 28.9 Å². The van der Waals surface area contributed by atoms with Crippen molar-refractivity contribution < 1.29 is 8.78 Å². The SMILES string of the molecule is CCCNc1nc(Nc2ccc(C)c(Br)c2)c(F)cc1F. The molecule has 21 heavy (non-hydrogen) atoms. The fourth-order valence-electron chi connectivity index (χ4n) is 1.73. The molecule has 0 saturated carbocycles. The molecule has 2 rings (SSSR count). The summed E-state index contributed by atoms with van der Waals surface area (Å²) in [6, 6.07) is 6.35. The maximum atomic E-state index is 13.8. The molecule has 0 unspecified atom stereocenters. The summed E-state index contributed by atoms with van der Waals surface area (Å²) in [7, 11) is 0.